The van der Waals surface area contributed by atoms with Gasteiger partial charge in [-0.15, -0.1) is 24.0 Å². The summed E-state index contributed by atoms with van der Waals surface area (Å²) < 4.78 is 23.2. The zero-order valence-electron chi connectivity index (χ0n) is 12.4. The third kappa shape index (κ3) is 9.59. The van der Waals surface area contributed by atoms with E-state index in [0.717, 1.165) is 5.56 Å². The summed E-state index contributed by atoms with van der Waals surface area (Å²) in [4.78, 5) is 4.08. The van der Waals surface area contributed by atoms with Crippen LogP contribution >= 0.6 is 24.0 Å². The van der Waals surface area contributed by atoms with Gasteiger partial charge in [0, 0.05) is 27.2 Å². The Hall–Kier alpha value is -0.930. The molecule has 120 valence electrons. The monoisotopic (exact) mass is 411 g/mol. The molecule has 5 nitrogen and oxygen atoms in total. The molecule has 1 aromatic rings. The summed E-state index contributed by atoms with van der Waals surface area (Å²) in [5.41, 5.74) is 0.865. The molecule has 0 spiro atoms. The number of hydrogen-bond donors (Lipinski definition) is 2. The third-order valence-corrected chi connectivity index (χ3v) is 2.54. The zero-order valence-corrected chi connectivity index (χ0v) is 14.7. The Balaban J connectivity index is 0.00000400. The minimum Gasteiger partial charge on any atom is -0.382 e. The van der Waals surface area contributed by atoms with E-state index >= 15 is 0 Å². The van der Waals surface area contributed by atoms with Crippen molar-refractivity contribution in [2.24, 2.45) is 4.99 Å². The molecular formula is C14H23FIN3O2. The number of methoxy groups -OCH3 is 1. The number of guanidine groups is 1. The number of rotatable bonds is 8. The lowest BCUT2D eigenvalue weighted by Gasteiger charge is -2.12. The van der Waals surface area contributed by atoms with Gasteiger partial charge in [-0.05, 0) is 17.7 Å². The van der Waals surface area contributed by atoms with Crippen LogP contribution in [-0.2, 0) is 16.0 Å². The first-order chi connectivity index (χ1) is 9.76. The van der Waals surface area contributed by atoms with Gasteiger partial charge < -0.3 is 20.1 Å². The number of hydrogen-bond acceptors (Lipinski definition) is 3. The van der Waals surface area contributed by atoms with Crippen molar-refractivity contribution < 1.29 is 13.9 Å². The summed E-state index contributed by atoms with van der Waals surface area (Å²) in [6, 6.07) is 6.46. The molecule has 2 N–H and O–H groups in total. The van der Waals surface area contributed by atoms with E-state index in [4.69, 9.17) is 9.47 Å². The first-order valence-corrected chi connectivity index (χ1v) is 6.52. The fraction of sp³-hybridized carbons (Fsp3) is 0.500. The van der Waals surface area contributed by atoms with Crippen molar-refractivity contribution in [3.63, 3.8) is 0 Å². The normalized spacial score (nSPS) is 10.9. The Morgan fingerprint density at radius 2 is 2.05 bits per heavy atom. The van der Waals surface area contributed by atoms with Gasteiger partial charge in [0.25, 0.3) is 0 Å². The molecule has 0 fully saturated rings. The van der Waals surface area contributed by atoms with Crippen molar-refractivity contribution in [2.75, 3.05) is 40.5 Å². The lowest BCUT2D eigenvalue weighted by molar-refractivity contribution is 0.0733. The highest BCUT2D eigenvalue weighted by molar-refractivity contribution is 14.0. The Bertz CT molecular complexity index is 419. The third-order valence-electron chi connectivity index (χ3n) is 2.54. The molecular weight excluding hydrogens is 388 g/mol. The molecule has 7 heteroatoms. The average molecular weight is 411 g/mol. The van der Waals surface area contributed by atoms with Gasteiger partial charge in [-0.3, -0.25) is 4.99 Å². The molecule has 0 aliphatic carbocycles. The van der Waals surface area contributed by atoms with Gasteiger partial charge in [0.15, 0.2) is 5.96 Å². The molecule has 1 rings (SSSR count). The highest BCUT2D eigenvalue weighted by atomic mass is 127. The zero-order chi connectivity index (χ0) is 14.6. The van der Waals surface area contributed by atoms with Crippen LogP contribution in [0.25, 0.3) is 0 Å². The maximum atomic E-state index is 13.0. The molecule has 1 aromatic carbocycles. The molecule has 0 aliphatic heterocycles. The van der Waals surface area contributed by atoms with Crippen LogP contribution in [0.15, 0.2) is 29.3 Å². The van der Waals surface area contributed by atoms with Gasteiger partial charge in [0.1, 0.15) is 5.82 Å². The molecule has 0 saturated carbocycles. The predicted molar refractivity (Wildman–Crippen MR) is 92.7 cm³/mol. The van der Waals surface area contributed by atoms with Crippen LogP contribution < -0.4 is 10.6 Å². The molecule has 0 unspecified atom stereocenters. The van der Waals surface area contributed by atoms with Crippen molar-refractivity contribution >= 4 is 29.9 Å². The standard InChI is InChI=1S/C14H22FN3O2.HI/c1-16-14(17-6-7-20-9-8-19-2)18-11-12-4-3-5-13(15)10-12;/h3-5,10H,6-9,11H2,1-2H3,(H2,16,17,18);1H. The van der Waals surface area contributed by atoms with Crippen LogP contribution in [-0.4, -0.2) is 46.5 Å². The van der Waals surface area contributed by atoms with Gasteiger partial charge in [0.05, 0.1) is 19.8 Å². The summed E-state index contributed by atoms with van der Waals surface area (Å²) in [7, 11) is 3.33. The summed E-state index contributed by atoms with van der Waals surface area (Å²) in [6.07, 6.45) is 0. The average Bonchev–Trinajstić information content (AvgIpc) is 2.46. The fourth-order valence-electron chi connectivity index (χ4n) is 1.54. The van der Waals surface area contributed by atoms with Gasteiger partial charge >= 0.3 is 0 Å². The highest BCUT2D eigenvalue weighted by Crippen LogP contribution is 2.02. The molecule has 0 bridgehead atoms. The highest BCUT2D eigenvalue weighted by Gasteiger charge is 1.99. The second kappa shape index (κ2) is 12.8. The van der Waals surface area contributed by atoms with Crippen molar-refractivity contribution in [3.05, 3.63) is 35.6 Å². The van der Waals surface area contributed by atoms with E-state index in [2.05, 4.69) is 15.6 Å². The molecule has 0 amide bonds. The van der Waals surface area contributed by atoms with Crippen molar-refractivity contribution in [2.45, 2.75) is 6.54 Å². The minimum atomic E-state index is -0.237. The maximum Gasteiger partial charge on any atom is 0.191 e. The van der Waals surface area contributed by atoms with Gasteiger partial charge in [-0.25, -0.2) is 4.39 Å². The van der Waals surface area contributed by atoms with E-state index in [0.29, 0.717) is 38.9 Å². The smallest absolute Gasteiger partial charge is 0.191 e. The van der Waals surface area contributed by atoms with Crippen LogP contribution in [0, 0.1) is 5.82 Å². The first kappa shape index (κ1) is 20.1. The Labute approximate surface area is 142 Å². The lowest BCUT2D eigenvalue weighted by Crippen LogP contribution is -2.38. The Morgan fingerprint density at radius 3 is 2.71 bits per heavy atom. The molecule has 21 heavy (non-hydrogen) atoms. The van der Waals surface area contributed by atoms with E-state index in [9.17, 15) is 4.39 Å². The topological polar surface area (TPSA) is 54.9 Å². The minimum absolute atomic E-state index is 0. The van der Waals surface area contributed by atoms with Gasteiger partial charge in [-0.1, -0.05) is 12.1 Å². The van der Waals surface area contributed by atoms with E-state index < -0.39 is 0 Å². The molecule has 0 saturated heterocycles. The van der Waals surface area contributed by atoms with Crippen molar-refractivity contribution in [3.8, 4) is 0 Å². The molecule has 0 radical (unpaired) electrons. The summed E-state index contributed by atoms with van der Waals surface area (Å²) in [5.74, 6) is 0.420. The number of aliphatic imine (C=N–C) groups is 1. The van der Waals surface area contributed by atoms with Crippen molar-refractivity contribution in [1.29, 1.82) is 0 Å². The number of ether oxygens (including phenoxy) is 2. The fourth-order valence-corrected chi connectivity index (χ4v) is 1.54. The second-order valence-corrected chi connectivity index (χ2v) is 4.09. The number of nitrogens with one attached hydrogen (secondary N) is 2. The number of benzene rings is 1. The van der Waals surface area contributed by atoms with Crippen LogP contribution in [0.5, 0.6) is 0 Å². The van der Waals surface area contributed by atoms with Crippen LogP contribution in [0.4, 0.5) is 4.39 Å². The van der Waals surface area contributed by atoms with E-state index in [1.165, 1.54) is 12.1 Å². The van der Waals surface area contributed by atoms with E-state index in [1.54, 1.807) is 20.2 Å². The van der Waals surface area contributed by atoms with E-state index in [-0.39, 0.29) is 29.8 Å². The molecule has 0 aromatic heterocycles. The van der Waals surface area contributed by atoms with Crippen molar-refractivity contribution in [1.82, 2.24) is 10.6 Å². The second-order valence-electron chi connectivity index (χ2n) is 4.09. The molecule has 0 atom stereocenters. The number of nitrogens with zero attached hydrogens (tertiary/aromatic N) is 1. The largest absolute Gasteiger partial charge is 0.382 e. The Kier molecular flexibility index (Phi) is 12.2. The maximum absolute atomic E-state index is 13.0. The SMILES string of the molecule is CN=C(NCCOCCOC)NCc1cccc(F)c1.I. The number of halogens is 2. The lowest BCUT2D eigenvalue weighted by atomic mass is 10.2. The van der Waals surface area contributed by atoms with Crippen LogP contribution in [0.1, 0.15) is 5.56 Å². The van der Waals surface area contributed by atoms with Crippen LogP contribution in [0.3, 0.4) is 0 Å². The van der Waals surface area contributed by atoms with Gasteiger partial charge in [0.2, 0.25) is 0 Å². The van der Waals surface area contributed by atoms with E-state index in [1.807, 2.05) is 6.07 Å². The summed E-state index contributed by atoms with van der Waals surface area (Å²) in [6.45, 7) is 2.90. The van der Waals surface area contributed by atoms with Gasteiger partial charge in [-0.2, -0.15) is 0 Å². The Morgan fingerprint density at radius 1 is 1.24 bits per heavy atom. The summed E-state index contributed by atoms with van der Waals surface area (Å²) in [5, 5.41) is 6.22. The predicted octanol–water partition coefficient (Wildman–Crippen LogP) is 1.77. The van der Waals surface area contributed by atoms with Crippen LogP contribution in [0.2, 0.25) is 0 Å². The summed E-state index contributed by atoms with van der Waals surface area (Å²) >= 11 is 0. The molecule has 0 aliphatic rings. The molecule has 0 heterocycles. The quantitative estimate of drug-likeness (QED) is 0.297. The first-order valence-electron chi connectivity index (χ1n) is 6.52.